The average Bonchev–Trinajstić information content (AvgIpc) is 2.45. The number of hydrogen-bond acceptors (Lipinski definition) is 2. The van der Waals surface area contributed by atoms with Gasteiger partial charge in [-0.15, -0.1) is 13.2 Å². The molecule has 0 aliphatic carbocycles. The van der Waals surface area contributed by atoms with Crippen molar-refractivity contribution >= 4 is 5.97 Å². The number of esters is 1. The lowest BCUT2D eigenvalue weighted by Crippen LogP contribution is -2.20. The number of carbonyl (C=O) groups excluding carboxylic acids is 1. The van der Waals surface area contributed by atoms with Crippen LogP contribution in [0.25, 0.3) is 11.1 Å². The highest BCUT2D eigenvalue weighted by Gasteiger charge is 2.35. The van der Waals surface area contributed by atoms with Crippen molar-refractivity contribution < 1.29 is 22.7 Å². The van der Waals surface area contributed by atoms with Gasteiger partial charge in [0.25, 0.3) is 0 Å². The highest BCUT2D eigenvalue weighted by Crippen LogP contribution is 2.33. The topological polar surface area (TPSA) is 26.3 Å². The monoisotopic (exact) mass is 322 g/mol. The van der Waals surface area contributed by atoms with Crippen molar-refractivity contribution in [3.05, 3.63) is 58.7 Å². The number of hydrogen-bond donors (Lipinski definition) is 0. The van der Waals surface area contributed by atoms with E-state index in [-0.39, 0.29) is 5.56 Å². The standard InChI is InChI=1S/C18H17F3O2/c1-4-13-6-5-7-15(17(22)23-18(19,20)21)16(13)14-9-8-11(2)10-12(14)3/h5-10H,4H2,1-3H3. The van der Waals surface area contributed by atoms with Gasteiger partial charge in [0.15, 0.2) is 0 Å². The summed E-state index contributed by atoms with van der Waals surface area (Å²) in [6.45, 7) is 5.69. The smallest absolute Gasteiger partial charge is 0.369 e. The van der Waals surface area contributed by atoms with E-state index in [0.29, 0.717) is 12.0 Å². The minimum absolute atomic E-state index is 0.0753. The third-order valence-corrected chi connectivity index (χ3v) is 3.61. The Bertz CT molecular complexity index is 734. The van der Waals surface area contributed by atoms with E-state index in [2.05, 4.69) is 4.74 Å². The minimum Gasteiger partial charge on any atom is -0.369 e. The maximum atomic E-state index is 12.4. The minimum atomic E-state index is -5.00. The van der Waals surface area contributed by atoms with Crippen molar-refractivity contribution in [2.75, 3.05) is 0 Å². The Balaban J connectivity index is 2.63. The predicted octanol–water partition coefficient (Wildman–Crippen LogP) is 5.21. The normalized spacial score (nSPS) is 11.4. The molecule has 0 atom stereocenters. The molecule has 0 heterocycles. The Labute approximate surface area is 132 Å². The molecule has 0 bridgehead atoms. The average molecular weight is 322 g/mol. The fourth-order valence-electron chi connectivity index (χ4n) is 2.64. The molecule has 0 aliphatic rings. The van der Waals surface area contributed by atoms with Gasteiger partial charge in [0.2, 0.25) is 0 Å². The number of rotatable bonds is 3. The molecule has 5 heteroatoms. The number of carbonyl (C=O) groups is 1. The molecule has 0 saturated carbocycles. The molecule has 0 fully saturated rings. The summed E-state index contributed by atoms with van der Waals surface area (Å²) in [5, 5.41) is 0. The maximum Gasteiger partial charge on any atom is 0.575 e. The van der Waals surface area contributed by atoms with Gasteiger partial charge in [-0.3, -0.25) is 0 Å². The Morgan fingerprint density at radius 2 is 1.83 bits per heavy atom. The summed E-state index contributed by atoms with van der Waals surface area (Å²) in [5.41, 5.74) is 3.90. The molecule has 2 aromatic carbocycles. The summed E-state index contributed by atoms with van der Waals surface area (Å²) in [4.78, 5) is 12.0. The van der Waals surface area contributed by atoms with Gasteiger partial charge in [0, 0.05) is 0 Å². The molecule has 0 unspecified atom stereocenters. The first-order chi connectivity index (χ1) is 10.7. The molecule has 0 aliphatic heterocycles. The molecule has 0 aromatic heterocycles. The van der Waals surface area contributed by atoms with Crippen LogP contribution in [0.15, 0.2) is 36.4 Å². The fraction of sp³-hybridized carbons (Fsp3) is 0.278. The van der Waals surface area contributed by atoms with Crippen molar-refractivity contribution in [1.29, 1.82) is 0 Å². The number of alkyl halides is 3. The van der Waals surface area contributed by atoms with Crippen molar-refractivity contribution in [3.63, 3.8) is 0 Å². The third-order valence-electron chi connectivity index (χ3n) is 3.61. The quantitative estimate of drug-likeness (QED) is 0.725. The molecular formula is C18H17F3O2. The summed E-state index contributed by atoms with van der Waals surface area (Å²) < 4.78 is 40.8. The first-order valence-corrected chi connectivity index (χ1v) is 7.22. The summed E-state index contributed by atoms with van der Waals surface area (Å²) in [5.74, 6) is -1.39. The van der Waals surface area contributed by atoms with Crippen LogP contribution in [0, 0.1) is 13.8 Å². The Hall–Kier alpha value is -2.30. The largest absolute Gasteiger partial charge is 0.575 e. The van der Waals surface area contributed by atoms with Gasteiger partial charge in [0.05, 0.1) is 5.56 Å². The van der Waals surface area contributed by atoms with E-state index in [4.69, 9.17) is 0 Å². The predicted molar refractivity (Wildman–Crippen MR) is 82.2 cm³/mol. The first kappa shape index (κ1) is 17.1. The van der Waals surface area contributed by atoms with Crippen LogP contribution in [0.4, 0.5) is 13.2 Å². The molecular weight excluding hydrogens is 305 g/mol. The molecule has 2 aromatic rings. The SMILES string of the molecule is CCc1cccc(C(=O)OC(F)(F)F)c1-c1ccc(C)cc1C. The van der Waals surface area contributed by atoms with Crippen LogP contribution >= 0.6 is 0 Å². The van der Waals surface area contributed by atoms with E-state index in [1.807, 2.05) is 39.0 Å². The van der Waals surface area contributed by atoms with Crippen LogP contribution < -0.4 is 0 Å². The van der Waals surface area contributed by atoms with Gasteiger partial charge in [-0.2, -0.15) is 0 Å². The molecule has 0 saturated heterocycles. The van der Waals surface area contributed by atoms with Gasteiger partial charge in [-0.25, -0.2) is 4.79 Å². The molecule has 0 N–H and O–H groups in total. The van der Waals surface area contributed by atoms with Crippen LogP contribution in [0.2, 0.25) is 0 Å². The fourth-order valence-corrected chi connectivity index (χ4v) is 2.64. The molecule has 122 valence electrons. The van der Waals surface area contributed by atoms with Gasteiger partial charge < -0.3 is 4.74 Å². The van der Waals surface area contributed by atoms with E-state index < -0.39 is 12.3 Å². The van der Waals surface area contributed by atoms with Gasteiger partial charge in [-0.1, -0.05) is 42.8 Å². The zero-order chi connectivity index (χ0) is 17.2. The van der Waals surface area contributed by atoms with Crippen molar-refractivity contribution in [1.82, 2.24) is 0 Å². The van der Waals surface area contributed by atoms with Gasteiger partial charge in [0.1, 0.15) is 0 Å². The summed E-state index contributed by atoms with van der Waals surface area (Å²) in [6.07, 6.45) is -4.41. The molecule has 0 amide bonds. The van der Waals surface area contributed by atoms with E-state index >= 15 is 0 Å². The zero-order valence-corrected chi connectivity index (χ0v) is 13.1. The summed E-state index contributed by atoms with van der Waals surface area (Å²) >= 11 is 0. The molecule has 2 nitrogen and oxygen atoms in total. The number of aryl methyl sites for hydroxylation is 3. The van der Waals surface area contributed by atoms with E-state index in [9.17, 15) is 18.0 Å². The highest BCUT2D eigenvalue weighted by atomic mass is 19.4. The second-order valence-corrected chi connectivity index (χ2v) is 5.35. The van der Waals surface area contributed by atoms with Crippen molar-refractivity contribution in [2.45, 2.75) is 33.6 Å². The van der Waals surface area contributed by atoms with Gasteiger partial charge >= 0.3 is 12.3 Å². The zero-order valence-electron chi connectivity index (χ0n) is 13.1. The number of halogens is 3. The second kappa shape index (κ2) is 6.44. The van der Waals surface area contributed by atoms with Crippen molar-refractivity contribution in [2.24, 2.45) is 0 Å². The molecule has 2 rings (SSSR count). The van der Waals surface area contributed by atoms with Crippen LogP contribution in [0.1, 0.15) is 34.0 Å². The van der Waals surface area contributed by atoms with Crippen molar-refractivity contribution in [3.8, 4) is 11.1 Å². The van der Waals surface area contributed by atoms with E-state index in [1.54, 1.807) is 12.1 Å². The van der Waals surface area contributed by atoms with E-state index in [0.717, 1.165) is 22.3 Å². The van der Waals surface area contributed by atoms with E-state index in [1.165, 1.54) is 6.07 Å². The summed E-state index contributed by atoms with van der Waals surface area (Å²) in [6, 6.07) is 10.4. The van der Waals surface area contributed by atoms with Crippen LogP contribution in [-0.4, -0.2) is 12.3 Å². The third kappa shape index (κ3) is 3.92. The molecule has 0 radical (unpaired) electrons. The number of benzene rings is 2. The maximum absolute atomic E-state index is 12.4. The van der Waals surface area contributed by atoms with Crippen LogP contribution in [0.5, 0.6) is 0 Å². The Kier molecular flexibility index (Phi) is 4.78. The highest BCUT2D eigenvalue weighted by molar-refractivity contribution is 5.98. The molecule has 23 heavy (non-hydrogen) atoms. The Morgan fingerprint density at radius 3 is 2.39 bits per heavy atom. The van der Waals surface area contributed by atoms with Crippen LogP contribution in [-0.2, 0) is 11.2 Å². The van der Waals surface area contributed by atoms with Gasteiger partial charge in [-0.05, 0) is 48.6 Å². The second-order valence-electron chi connectivity index (χ2n) is 5.35. The lowest BCUT2D eigenvalue weighted by molar-refractivity contribution is -0.291. The van der Waals surface area contributed by atoms with Crippen LogP contribution in [0.3, 0.4) is 0 Å². The molecule has 0 spiro atoms. The lowest BCUT2D eigenvalue weighted by Gasteiger charge is -2.16. The Morgan fingerprint density at radius 1 is 1.13 bits per heavy atom. The lowest BCUT2D eigenvalue weighted by atomic mass is 9.90. The number of ether oxygens (including phenoxy) is 1. The first-order valence-electron chi connectivity index (χ1n) is 7.22. The summed E-state index contributed by atoms with van der Waals surface area (Å²) in [7, 11) is 0.